The summed E-state index contributed by atoms with van der Waals surface area (Å²) >= 11 is 5.33. The number of anilines is 1. The molecule has 7 heteroatoms. The highest BCUT2D eigenvalue weighted by atomic mass is 32.1. The molecular weight excluding hydrogens is 348 g/mol. The number of hydrogen-bond donors (Lipinski definition) is 2. The summed E-state index contributed by atoms with van der Waals surface area (Å²) in [4.78, 5) is 4.41. The van der Waals surface area contributed by atoms with Crippen LogP contribution in [-0.2, 0) is 6.54 Å². The molecule has 0 aliphatic heterocycles. The van der Waals surface area contributed by atoms with E-state index in [0.29, 0.717) is 30.0 Å². The Balaban J connectivity index is 1.60. The Hall–Kier alpha value is -2.93. The van der Waals surface area contributed by atoms with Crippen LogP contribution < -0.4 is 15.4 Å². The molecule has 0 atom stereocenters. The van der Waals surface area contributed by atoms with E-state index < -0.39 is 0 Å². The minimum atomic E-state index is 0.335. The zero-order chi connectivity index (χ0) is 18.4. The maximum absolute atomic E-state index is 5.57. The molecule has 3 aromatic rings. The van der Waals surface area contributed by atoms with E-state index in [-0.39, 0.29) is 0 Å². The highest BCUT2D eigenvalue weighted by Gasteiger charge is 2.11. The Bertz CT molecular complexity index is 895. The van der Waals surface area contributed by atoms with Crippen molar-refractivity contribution >= 4 is 23.0 Å². The molecule has 3 rings (SSSR count). The van der Waals surface area contributed by atoms with Crippen LogP contribution in [0.15, 0.2) is 53.1 Å². The maximum Gasteiger partial charge on any atom is 0.246 e. The maximum atomic E-state index is 5.57. The zero-order valence-corrected chi connectivity index (χ0v) is 15.5. The van der Waals surface area contributed by atoms with Crippen LogP contribution in [0, 0.1) is 6.92 Å². The third kappa shape index (κ3) is 4.37. The van der Waals surface area contributed by atoms with Crippen molar-refractivity contribution in [2.24, 2.45) is 0 Å². The molecule has 1 heterocycles. The van der Waals surface area contributed by atoms with E-state index in [2.05, 4.69) is 20.8 Å². The van der Waals surface area contributed by atoms with E-state index in [4.69, 9.17) is 21.5 Å². The molecule has 0 radical (unpaired) electrons. The molecule has 0 aliphatic rings. The summed E-state index contributed by atoms with van der Waals surface area (Å²) in [5, 5.41) is 10.7. The smallest absolute Gasteiger partial charge is 0.246 e. The molecule has 2 N–H and O–H groups in total. The summed E-state index contributed by atoms with van der Waals surface area (Å²) in [7, 11) is 0. The molecule has 134 valence electrons. The first-order chi connectivity index (χ1) is 12.7. The van der Waals surface area contributed by atoms with Gasteiger partial charge in [-0.3, -0.25) is 0 Å². The molecule has 0 amide bonds. The van der Waals surface area contributed by atoms with Crippen molar-refractivity contribution in [3.05, 3.63) is 60.0 Å². The number of aromatic nitrogens is 2. The van der Waals surface area contributed by atoms with Gasteiger partial charge in [0.05, 0.1) is 18.8 Å². The van der Waals surface area contributed by atoms with Gasteiger partial charge in [0.25, 0.3) is 0 Å². The second-order valence-corrected chi connectivity index (χ2v) is 5.97. The molecule has 1 aromatic heterocycles. The van der Waals surface area contributed by atoms with Crippen molar-refractivity contribution in [1.29, 1.82) is 0 Å². The summed E-state index contributed by atoms with van der Waals surface area (Å²) < 4.78 is 10.9. The summed E-state index contributed by atoms with van der Waals surface area (Å²) in [6.07, 6.45) is 0. The van der Waals surface area contributed by atoms with Gasteiger partial charge in [-0.05, 0) is 43.8 Å². The lowest BCUT2D eigenvalue weighted by Crippen LogP contribution is -2.28. The molecule has 2 aromatic carbocycles. The molecule has 26 heavy (non-hydrogen) atoms. The van der Waals surface area contributed by atoms with E-state index in [1.54, 1.807) is 0 Å². The largest absolute Gasteiger partial charge is 0.492 e. The SMILES string of the molecule is CCOc1ccccc1NC(=S)NCc1nc(-c2ccccc2C)no1. The second kappa shape index (κ2) is 8.44. The number of benzene rings is 2. The lowest BCUT2D eigenvalue weighted by atomic mass is 10.1. The molecule has 0 spiro atoms. The third-order valence-electron chi connectivity index (χ3n) is 3.69. The number of thiocarbonyl (C=S) groups is 1. The first-order valence-corrected chi connectivity index (χ1v) is 8.73. The molecule has 6 nitrogen and oxygen atoms in total. The molecule has 0 saturated carbocycles. The number of ether oxygens (including phenoxy) is 1. The first kappa shape index (κ1) is 17.9. The van der Waals surface area contributed by atoms with E-state index in [1.807, 2.05) is 62.4 Å². The van der Waals surface area contributed by atoms with E-state index in [1.165, 1.54) is 0 Å². The highest BCUT2D eigenvalue weighted by Crippen LogP contribution is 2.23. The zero-order valence-electron chi connectivity index (χ0n) is 14.7. The van der Waals surface area contributed by atoms with Gasteiger partial charge in [0.1, 0.15) is 5.75 Å². The predicted octanol–water partition coefficient (Wildman–Crippen LogP) is 3.93. The van der Waals surface area contributed by atoms with E-state index in [0.717, 1.165) is 22.6 Å². The molecule has 0 saturated heterocycles. The van der Waals surface area contributed by atoms with Crippen molar-refractivity contribution in [1.82, 2.24) is 15.5 Å². The first-order valence-electron chi connectivity index (χ1n) is 8.32. The van der Waals surface area contributed by atoms with Crippen LogP contribution in [0.1, 0.15) is 18.4 Å². The number of nitrogens with one attached hydrogen (secondary N) is 2. The minimum Gasteiger partial charge on any atom is -0.492 e. The van der Waals surface area contributed by atoms with E-state index >= 15 is 0 Å². The van der Waals surface area contributed by atoms with Crippen LogP contribution in [0.25, 0.3) is 11.4 Å². The van der Waals surface area contributed by atoms with Crippen LogP contribution in [0.3, 0.4) is 0 Å². The Morgan fingerprint density at radius 3 is 2.73 bits per heavy atom. The number of hydrogen-bond acceptors (Lipinski definition) is 5. The van der Waals surface area contributed by atoms with Crippen LogP contribution in [-0.4, -0.2) is 21.9 Å². The fourth-order valence-corrected chi connectivity index (χ4v) is 2.62. The quantitative estimate of drug-likeness (QED) is 0.639. The Morgan fingerprint density at radius 1 is 1.15 bits per heavy atom. The predicted molar refractivity (Wildman–Crippen MR) is 105 cm³/mol. The Kier molecular flexibility index (Phi) is 5.80. The average molecular weight is 368 g/mol. The van der Waals surface area contributed by atoms with Gasteiger partial charge in [0.15, 0.2) is 5.11 Å². The highest BCUT2D eigenvalue weighted by molar-refractivity contribution is 7.80. The standard InChI is InChI=1S/C19H20N4O2S/c1-3-24-16-11-7-6-10-15(16)21-19(26)20-12-17-22-18(23-25-17)14-9-5-4-8-13(14)2/h4-11H,3,12H2,1-2H3,(H2,20,21,26). The lowest BCUT2D eigenvalue weighted by molar-refractivity contribution is 0.342. The number of aryl methyl sites for hydroxylation is 1. The molecule has 0 unspecified atom stereocenters. The molecule has 0 aliphatic carbocycles. The molecule has 0 bridgehead atoms. The van der Waals surface area contributed by atoms with Crippen molar-refractivity contribution < 1.29 is 9.26 Å². The van der Waals surface area contributed by atoms with Gasteiger partial charge in [0, 0.05) is 5.56 Å². The molecule has 0 fully saturated rings. The monoisotopic (exact) mass is 368 g/mol. The minimum absolute atomic E-state index is 0.335. The topological polar surface area (TPSA) is 72.2 Å². The second-order valence-electron chi connectivity index (χ2n) is 5.56. The third-order valence-corrected chi connectivity index (χ3v) is 3.94. The van der Waals surface area contributed by atoms with Gasteiger partial charge in [-0.15, -0.1) is 0 Å². The van der Waals surface area contributed by atoms with Crippen LogP contribution in [0.2, 0.25) is 0 Å². The normalized spacial score (nSPS) is 10.4. The van der Waals surface area contributed by atoms with Crippen LogP contribution >= 0.6 is 12.2 Å². The summed E-state index contributed by atoms with van der Waals surface area (Å²) in [6.45, 7) is 4.87. The Morgan fingerprint density at radius 2 is 1.92 bits per heavy atom. The van der Waals surface area contributed by atoms with Gasteiger partial charge in [-0.25, -0.2) is 0 Å². The van der Waals surface area contributed by atoms with E-state index in [9.17, 15) is 0 Å². The van der Waals surface area contributed by atoms with Crippen LogP contribution in [0.4, 0.5) is 5.69 Å². The van der Waals surface area contributed by atoms with Gasteiger partial charge in [-0.2, -0.15) is 4.98 Å². The van der Waals surface area contributed by atoms with Gasteiger partial charge >= 0.3 is 0 Å². The lowest BCUT2D eigenvalue weighted by Gasteiger charge is -2.13. The fraction of sp³-hybridized carbons (Fsp3) is 0.211. The van der Waals surface area contributed by atoms with Crippen molar-refractivity contribution in [3.63, 3.8) is 0 Å². The average Bonchev–Trinajstić information content (AvgIpc) is 3.11. The summed E-state index contributed by atoms with van der Waals surface area (Å²) in [5.41, 5.74) is 2.85. The van der Waals surface area contributed by atoms with Gasteiger partial charge < -0.3 is 19.9 Å². The summed E-state index contributed by atoms with van der Waals surface area (Å²) in [6, 6.07) is 15.5. The number of para-hydroxylation sites is 2. The fourth-order valence-electron chi connectivity index (χ4n) is 2.43. The van der Waals surface area contributed by atoms with Crippen molar-refractivity contribution in [3.8, 4) is 17.1 Å². The van der Waals surface area contributed by atoms with Gasteiger partial charge in [0.2, 0.25) is 11.7 Å². The Labute approximate surface area is 157 Å². The van der Waals surface area contributed by atoms with Crippen molar-refractivity contribution in [2.75, 3.05) is 11.9 Å². The number of nitrogens with zero attached hydrogens (tertiary/aromatic N) is 2. The van der Waals surface area contributed by atoms with Crippen LogP contribution in [0.5, 0.6) is 5.75 Å². The summed E-state index contributed by atoms with van der Waals surface area (Å²) in [5.74, 6) is 1.78. The van der Waals surface area contributed by atoms with Gasteiger partial charge in [-0.1, -0.05) is 41.6 Å². The molecular formula is C19H20N4O2S. The number of rotatable bonds is 6. The van der Waals surface area contributed by atoms with Crippen molar-refractivity contribution in [2.45, 2.75) is 20.4 Å².